The van der Waals surface area contributed by atoms with Crippen LogP contribution in [0.5, 0.6) is 0 Å². The molecule has 5 heteroatoms. The molecule has 1 atom stereocenters. The lowest BCUT2D eigenvalue weighted by molar-refractivity contribution is -0.154. The van der Waals surface area contributed by atoms with Gasteiger partial charge in [0.2, 0.25) is 0 Å². The molecule has 2 aromatic carbocycles. The molecule has 29 heavy (non-hydrogen) atoms. The van der Waals surface area contributed by atoms with Gasteiger partial charge in [0.1, 0.15) is 5.54 Å². The molecule has 0 radical (unpaired) electrons. The van der Waals surface area contributed by atoms with Crippen LogP contribution < -0.4 is 5.32 Å². The summed E-state index contributed by atoms with van der Waals surface area (Å²) < 4.78 is 5.30. The molecular formula is C24H26N2O3. The fourth-order valence-corrected chi connectivity index (χ4v) is 3.66. The third-order valence-corrected chi connectivity index (χ3v) is 5.37. The molecule has 1 saturated carbocycles. The van der Waals surface area contributed by atoms with E-state index in [-0.39, 0.29) is 6.42 Å². The predicted molar refractivity (Wildman–Crippen MR) is 111 cm³/mol. The van der Waals surface area contributed by atoms with Crippen LogP contribution in [-0.2, 0) is 20.7 Å². The first-order valence-electron chi connectivity index (χ1n) is 10.1. The maximum absolute atomic E-state index is 12.4. The third-order valence-electron chi connectivity index (χ3n) is 5.37. The number of nitrogens with zero attached hydrogens (tertiary/aromatic N) is 1. The Kier molecular flexibility index (Phi) is 6.66. The monoisotopic (exact) mass is 390 g/mol. The molecule has 1 amide bonds. The van der Waals surface area contributed by atoms with Crippen molar-refractivity contribution in [3.05, 3.63) is 60.2 Å². The standard InChI is InChI=1S/C24H26N2O3/c1-18(23(28)26-24(17-25)14-6-3-7-15-24)29-22(27)16-19-10-12-21(13-11-19)20-8-4-2-5-9-20/h2,4-5,8-13,18H,3,6-7,14-16H2,1H3,(H,26,28)/t18-/m1/s1. The second kappa shape index (κ2) is 9.38. The van der Waals surface area contributed by atoms with E-state index in [0.29, 0.717) is 12.8 Å². The molecule has 0 spiro atoms. The summed E-state index contributed by atoms with van der Waals surface area (Å²) >= 11 is 0. The third kappa shape index (κ3) is 5.45. The van der Waals surface area contributed by atoms with Crippen LogP contribution in [0.25, 0.3) is 11.1 Å². The second-order valence-electron chi connectivity index (χ2n) is 7.62. The van der Waals surface area contributed by atoms with Crippen LogP contribution in [0.3, 0.4) is 0 Å². The SMILES string of the molecule is C[C@@H](OC(=O)Cc1ccc(-c2ccccc2)cc1)C(=O)NC1(C#N)CCCCC1. The number of carbonyl (C=O) groups excluding carboxylic acids is 2. The van der Waals surface area contributed by atoms with Gasteiger partial charge >= 0.3 is 5.97 Å². The highest BCUT2D eigenvalue weighted by atomic mass is 16.5. The lowest BCUT2D eigenvalue weighted by Gasteiger charge is -2.32. The van der Waals surface area contributed by atoms with Gasteiger partial charge < -0.3 is 10.1 Å². The number of rotatable bonds is 6. The van der Waals surface area contributed by atoms with Gasteiger partial charge in [-0.15, -0.1) is 0 Å². The predicted octanol–water partition coefficient (Wildman–Crippen LogP) is 4.17. The normalized spacial score (nSPS) is 16.3. The number of ether oxygens (including phenoxy) is 1. The quantitative estimate of drug-likeness (QED) is 0.751. The Hall–Kier alpha value is -3.13. The zero-order valence-corrected chi connectivity index (χ0v) is 16.7. The van der Waals surface area contributed by atoms with Crippen LogP contribution in [0, 0.1) is 11.3 Å². The summed E-state index contributed by atoms with van der Waals surface area (Å²) in [5.74, 6) is -0.879. The van der Waals surface area contributed by atoms with Crippen molar-refractivity contribution in [1.82, 2.24) is 5.32 Å². The van der Waals surface area contributed by atoms with Crippen LogP contribution in [0.4, 0.5) is 0 Å². The van der Waals surface area contributed by atoms with E-state index in [2.05, 4.69) is 11.4 Å². The number of nitriles is 1. The van der Waals surface area contributed by atoms with Gasteiger partial charge in [-0.1, -0.05) is 73.9 Å². The molecular weight excluding hydrogens is 364 g/mol. The van der Waals surface area contributed by atoms with E-state index < -0.39 is 23.5 Å². The maximum atomic E-state index is 12.4. The average molecular weight is 390 g/mol. The van der Waals surface area contributed by atoms with Crippen LogP contribution in [-0.4, -0.2) is 23.5 Å². The van der Waals surface area contributed by atoms with Gasteiger partial charge in [0.05, 0.1) is 12.5 Å². The van der Waals surface area contributed by atoms with Gasteiger partial charge in [-0.2, -0.15) is 5.26 Å². The highest BCUT2D eigenvalue weighted by molar-refractivity contribution is 5.84. The van der Waals surface area contributed by atoms with E-state index in [9.17, 15) is 14.9 Å². The molecule has 0 saturated heterocycles. The molecule has 150 valence electrons. The minimum absolute atomic E-state index is 0.0933. The van der Waals surface area contributed by atoms with E-state index in [1.165, 1.54) is 0 Å². The van der Waals surface area contributed by atoms with Crippen LogP contribution in [0.2, 0.25) is 0 Å². The summed E-state index contributed by atoms with van der Waals surface area (Å²) in [6.07, 6.45) is 3.36. The topological polar surface area (TPSA) is 79.2 Å². The van der Waals surface area contributed by atoms with Crippen molar-refractivity contribution in [2.75, 3.05) is 0 Å². The Bertz CT molecular complexity index is 879. The van der Waals surface area contributed by atoms with Gasteiger partial charge in [-0.25, -0.2) is 0 Å². The number of hydrogen-bond donors (Lipinski definition) is 1. The van der Waals surface area contributed by atoms with Gasteiger partial charge in [-0.05, 0) is 36.5 Å². The first kappa shape index (κ1) is 20.6. The van der Waals surface area contributed by atoms with E-state index in [1.807, 2.05) is 54.6 Å². The van der Waals surface area contributed by atoms with Crippen LogP contribution in [0.1, 0.15) is 44.6 Å². The summed E-state index contributed by atoms with van der Waals surface area (Å²) in [5.41, 5.74) is 2.18. The van der Waals surface area contributed by atoms with Gasteiger partial charge in [0, 0.05) is 0 Å². The van der Waals surface area contributed by atoms with Crippen molar-refractivity contribution in [2.45, 2.75) is 57.1 Å². The summed E-state index contributed by atoms with van der Waals surface area (Å²) in [6.45, 7) is 1.54. The van der Waals surface area contributed by atoms with E-state index in [4.69, 9.17) is 4.74 Å². The highest BCUT2D eigenvalue weighted by Crippen LogP contribution is 2.27. The second-order valence-corrected chi connectivity index (χ2v) is 7.62. The molecule has 1 fully saturated rings. The van der Waals surface area contributed by atoms with Crippen molar-refractivity contribution >= 4 is 11.9 Å². The molecule has 2 aromatic rings. The smallest absolute Gasteiger partial charge is 0.311 e. The lowest BCUT2D eigenvalue weighted by Crippen LogP contribution is -2.52. The van der Waals surface area contributed by atoms with Crippen molar-refractivity contribution in [3.63, 3.8) is 0 Å². The fourth-order valence-electron chi connectivity index (χ4n) is 3.66. The molecule has 1 N–H and O–H groups in total. The Balaban J connectivity index is 1.53. The Morgan fingerprint density at radius 3 is 2.28 bits per heavy atom. The number of nitrogens with one attached hydrogen (secondary N) is 1. The molecule has 1 aliphatic carbocycles. The number of esters is 1. The first-order chi connectivity index (χ1) is 14.0. The lowest BCUT2D eigenvalue weighted by atomic mass is 9.83. The molecule has 0 aliphatic heterocycles. The average Bonchev–Trinajstić information content (AvgIpc) is 2.75. The minimum atomic E-state index is -0.932. The molecule has 0 bridgehead atoms. The number of benzene rings is 2. The highest BCUT2D eigenvalue weighted by Gasteiger charge is 2.35. The Labute approximate surface area is 171 Å². The van der Waals surface area contributed by atoms with E-state index >= 15 is 0 Å². The largest absolute Gasteiger partial charge is 0.452 e. The minimum Gasteiger partial charge on any atom is -0.452 e. The summed E-state index contributed by atoms with van der Waals surface area (Å²) in [7, 11) is 0. The Morgan fingerprint density at radius 2 is 1.66 bits per heavy atom. The molecule has 1 aliphatic rings. The van der Waals surface area contributed by atoms with E-state index in [0.717, 1.165) is 36.0 Å². The number of amides is 1. The van der Waals surface area contributed by atoms with Crippen molar-refractivity contribution < 1.29 is 14.3 Å². The number of hydrogen-bond acceptors (Lipinski definition) is 4. The summed E-state index contributed by atoms with van der Waals surface area (Å²) in [5, 5.41) is 12.3. The van der Waals surface area contributed by atoms with Crippen molar-refractivity contribution in [2.24, 2.45) is 0 Å². The molecule has 0 heterocycles. The zero-order valence-electron chi connectivity index (χ0n) is 16.7. The van der Waals surface area contributed by atoms with Gasteiger partial charge in [-0.3, -0.25) is 9.59 Å². The van der Waals surface area contributed by atoms with Crippen LogP contribution in [0.15, 0.2) is 54.6 Å². The van der Waals surface area contributed by atoms with Crippen molar-refractivity contribution in [3.8, 4) is 17.2 Å². The molecule has 0 unspecified atom stereocenters. The van der Waals surface area contributed by atoms with Crippen LogP contribution >= 0.6 is 0 Å². The van der Waals surface area contributed by atoms with E-state index in [1.54, 1.807) is 6.92 Å². The maximum Gasteiger partial charge on any atom is 0.311 e. The van der Waals surface area contributed by atoms with Crippen molar-refractivity contribution in [1.29, 1.82) is 5.26 Å². The molecule has 0 aromatic heterocycles. The summed E-state index contributed by atoms with van der Waals surface area (Å²) in [6, 6.07) is 20.0. The van der Waals surface area contributed by atoms with Gasteiger partial charge in [0.15, 0.2) is 6.10 Å². The fraction of sp³-hybridized carbons (Fsp3) is 0.375. The number of carbonyl (C=O) groups is 2. The Morgan fingerprint density at radius 1 is 1.03 bits per heavy atom. The first-order valence-corrected chi connectivity index (χ1v) is 10.1. The van der Waals surface area contributed by atoms with Gasteiger partial charge in [0.25, 0.3) is 5.91 Å². The zero-order chi connectivity index (χ0) is 20.7. The molecule has 3 rings (SSSR count). The molecule has 5 nitrogen and oxygen atoms in total. The summed E-state index contributed by atoms with van der Waals surface area (Å²) in [4.78, 5) is 24.7.